The molecule has 1 aliphatic rings. The van der Waals surface area contributed by atoms with Crippen molar-refractivity contribution >= 4 is 23.3 Å². The predicted molar refractivity (Wildman–Crippen MR) is 86.0 cm³/mol. The topological polar surface area (TPSA) is 57.3 Å². The fourth-order valence-corrected chi connectivity index (χ4v) is 2.71. The van der Waals surface area contributed by atoms with Crippen LogP contribution in [0.1, 0.15) is 36.5 Å². The molecule has 1 aromatic heterocycles. The van der Waals surface area contributed by atoms with Crippen LogP contribution in [0.2, 0.25) is 5.02 Å². The average Bonchev–Trinajstić information content (AvgIpc) is 2.99. The van der Waals surface area contributed by atoms with Gasteiger partial charge >= 0.3 is 0 Å². The molecule has 5 nitrogen and oxygen atoms in total. The zero-order valence-corrected chi connectivity index (χ0v) is 13.2. The first kappa shape index (κ1) is 16.0. The average molecular weight is 311 g/mol. The van der Waals surface area contributed by atoms with Gasteiger partial charge in [-0.15, -0.1) is 0 Å². The van der Waals surface area contributed by atoms with Gasteiger partial charge in [-0.1, -0.05) is 11.6 Å². The number of anilines is 1. The molecule has 0 bridgehead atoms. The molecule has 21 heavy (non-hydrogen) atoms. The number of nitrogens with zero attached hydrogens (tertiary/aromatic N) is 2. The summed E-state index contributed by atoms with van der Waals surface area (Å²) < 4.78 is 0. The molecule has 1 aliphatic heterocycles. The molecule has 2 heterocycles. The van der Waals surface area contributed by atoms with Crippen molar-refractivity contribution in [1.82, 2.24) is 15.2 Å². The highest BCUT2D eigenvalue weighted by Gasteiger charge is 2.12. The van der Waals surface area contributed by atoms with Crippen molar-refractivity contribution in [3.63, 3.8) is 0 Å². The third kappa shape index (κ3) is 4.86. The largest absolute Gasteiger partial charge is 0.369 e. The zero-order valence-electron chi connectivity index (χ0n) is 12.5. The lowest BCUT2D eigenvalue weighted by Crippen LogP contribution is -2.28. The van der Waals surface area contributed by atoms with E-state index >= 15 is 0 Å². The molecular formula is C15H23ClN4O. The zero-order chi connectivity index (χ0) is 15.1. The smallest absolute Gasteiger partial charge is 0.252 e. The van der Waals surface area contributed by atoms with E-state index in [1.165, 1.54) is 25.9 Å². The number of hydrogen-bond acceptors (Lipinski definition) is 4. The Kier molecular flexibility index (Phi) is 6.26. The van der Waals surface area contributed by atoms with Gasteiger partial charge in [0.05, 0.1) is 10.6 Å². The first-order chi connectivity index (χ1) is 10.2. The number of carbonyl (C=O) groups is 1. The number of likely N-dealkylation sites (tertiary alicyclic amines) is 1. The van der Waals surface area contributed by atoms with Crippen LogP contribution in [0.5, 0.6) is 0 Å². The molecule has 1 saturated heterocycles. The summed E-state index contributed by atoms with van der Waals surface area (Å²) in [7, 11) is 0. The summed E-state index contributed by atoms with van der Waals surface area (Å²) >= 11 is 6.09. The highest BCUT2D eigenvalue weighted by molar-refractivity contribution is 6.33. The third-order valence-electron chi connectivity index (χ3n) is 3.58. The highest BCUT2D eigenvalue weighted by atomic mass is 35.5. The molecule has 0 aromatic carbocycles. The Hall–Kier alpha value is -1.33. The maximum atomic E-state index is 12.0. The number of pyridine rings is 1. The maximum absolute atomic E-state index is 12.0. The molecular weight excluding hydrogens is 288 g/mol. The van der Waals surface area contributed by atoms with E-state index in [0.29, 0.717) is 22.9 Å². The lowest BCUT2D eigenvalue weighted by molar-refractivity contribution is 0.0951. The van der Waals surface area contributed by atoms with Gasteiger partial charge in [0, 0.05) is 19.3 Å². The second-order valence-electron chi connectivity index (χ2n) is 5.24. The lowest BCUT2D eigenvalue weighted by Gasteiger charge is -2.14. The quantitative estimate of drug-likeness (QED) is 0.759. The van der Waals surface area contributed by atoms with Crippen LogP contribution in [0.25, 0.3) is 0 Å². The van der Waals surface area contributed by atoms with E-state index in [1.54, 1.807) is 12.3 Å². The van der Waals surface area contributed by atoms with Crippen LogP contribution in [-0.2, 0) is 0 Å². The van der Waals surface area contributed by atoms with E-state index in [0.717, 1.165) is 19.5 Å². The Balaban J connectivity index is 1.75. The van der Waals surface area contributed by atoms with E-state index < -0.39 is 0 Å². The Morgan fingerprint density at radius 1 is 1.43 bits per heavy atom. The fourth-order valence-electron chi connectivity index (χ4n) is 2.47. The van der Waals surface area contributed by atoms with Gasteiger partial charge in [-0.2, -0.15) is 0 Å². The van der Waals surface area contributed by atoms with Crippen LogP contribution in [0.3, 0.4) is 0 Å². The Morgan fingerprint density at radius 3 is 2.86 bits per heavy atom. The molecule has 1 aromatic rings. The highest BCUT2D eigenvalue weighted by Crippen LogP contribution is 2.19. The molecule has 2 rings (SSSR count). The number of halogens is 1. The van der Waals surface area contributed by atoms with Crippen LogP contribution in [0, 0.1) is 0 Å². The van der Waals surface area contributed by atoms with Gasteiger partial charge in [0.15, 0.2) is 0 Å². The first-order valence-electron chi connectivity index (χ1n) is 7.60. The van der Waals surface area contributed by atoms with Crippen molar-refractivity contribution in [3.05, 3.63) is 22.8 Å². The van der Waals surface area contributed by atoms with E-state index in [4.69, 9.17) is 11.6 Å². The molecule has 0 aliphatic carbocycles. The van der Waals surface area contributed by atoms with E-state index in [-0.39, 0.29) is 5.91 Å². The van der Waals surface area contributed by atoms with Crippen molar-refractivity contribution in [2.75, 3.05) is 38.0 Å². The summed E-state index contributed by atoms with van der Waals surface area (Å²) in [5.41, 5.74) is 0.503. The van der Waals surface area contributed by atoms with Gasteiger partial charge in [-0.3, -0.25) is 4.79 Å². The van der Waals surface area contributed by atoms with Crippen LogP contribution < -0.4 is 10.6 Å². The first-order valence-corrected chi connectivity index (χ1v) is 7.98. The Morgan fingerprint density at radius 2 is 2.19 bits per heavy atom. The number of hydrogen-bond donors (Lipinski definition) is 2. The minimum Gasteiger partial charge on any atom is -0.369 e. The Labute approximate surface area is 131 Å². The van der Waals surface area contributed by atoms with Crippen molar-refractivity contribution in [2.45, 2.75) is 26.2 Å². The minimum atomic E-state index is -0.117. The van der Waals surface area contributed by atoms with Crippen molar-refractivity contribution < 1.29 is 4.79 Å². The molecule has 116 valence electrons. The Bertz CT molecular complexity index is 475. The van der Waals surface area contributed by atoms with E-state index in [1.807, 2.05) is 6.92 Å². The summed E-state index contributed by atoms with van der Waals surface area (Å²) in [5.74, 6) is 0.499. The summed E-state index contributed by atoms with van der Waals surface area (Å²) in [6, 6.07) is 1.66. The number of amides is 1. The lowest BCUT2D eigenvalue weighted by atomic mass is 10.2. The monoisotopic (exact) mass is 310 g/mol. The number of nitrogens with one attached hydrogen (secondary N) is 2. The molecule has 6 heteroatoms. The molecule has 2 N–H and O–H groups in total. The summed E-state index contributed by atoms with van der Waals surface area (Å²) in [5, 5.41) is 6.44. The van der Waals surface area contributed by atoms with E-state index in [9.17, 15) is 4.79 Å². The molecule has 0 radical (unpaired) electrons. The second kappa shape index (κ2) is 8.20. The number of carbonyl (C=O) groups excluding carboxylic acids is 1. The normalized spacial score (nSPS) is 15.1. The van der Waals surface area contributed by atoms with Crippen molar-refractivity contribution in [2.24, 2.45) is 0 Å². The van der Waals surface area contributed by atoms with Crippen LogP contribution >= 0.6 is 11.6 Å². The molecule has 1 fully saturated rings. The van der Waals surface area contributed by atoms with E-state index in [2.05, 4.69) is 20.5 Å². The molecule has 0 atom stereocenters. The van der Waals surface area contributed by atoms with Gasteiger partial charge in [0.1, 0.15) is 5.82 Å². The standard InChI is InChI=1S/C15H23ClN4O/c1-2-17-14-13(16)10-12(11-19-14)15(21)18-6-5-9-20-7-3-4-8-20/h10-11H,2-9H2,1H3,(H,17,19)(H,18,21). The summed E-state index contributed by atoms with van der Waals surface area (Å²) in [4.78, 5) is 18.6. The van der Waals surface area contributed by atoms with Crippen molar-refractivity contribution in [1.29, 1.82) is 0 Å². The molecule has 0 spiro atoms. The minimum absolute atomic E-state index is 0.117. The van der Waals surface area contributed by atoms with Gasteiger partial charge in [0.2, 0.25) is 0 Å². The van der Waals surface area contributed by atoms with Crippen LogP contribution in [0.4, 0.5) is 5.82 Å². The van der Waals surface area contributed by atoms with Crippen LogP contribution in [-0.4, -0.2) is 48.5 Å². The summed E-state index contributed by atoms with van der Waals surface area (Å²) in [6.45, 7) is 6.84. The van der Waals surface area contributed by atoms with Gasteiger partial charge in [-0.05, 0) is 51.9 Å². The predicted octanol–water partition coefficient (Wildman–Crippen LogP) is 2.38. The molecule has 1 amide bonds. The van der Waals surface area contributed by atoms with Crippen molar-refractivity contribution in [3.8, 4) is 0 Å². The fraction of sp³-hybridized carbons (Fsp3) is 0.600. The SMILES string of the molecule is CCNc1ncc(C(=O)NCCCN2CCCC2)cc1Cl. The number of aromatic nitrogens is 1. The maximum Gasteiger partial charge on any atom is 0.252 e. The molecule has 0 saturated carbocycles. The summed E-state index contributed by atoms with van der Waals surface area (Å²) in [6.07, 6.45) is 5.13. The second-order valence-corrected chi connectivity index (χ2v) is 5.65. The van der Waals surface area contributed by atoms with Gasteiger partial charge in [0.25, 0.3) is 5.91 Å². The van der Waals surface area contributed by atoms with Crippen LogP contribution in [0.15, 0.2) is 12.3 Å². The molecule has 0 unspecified atom stereocenters. The third-order valence-corrected chi connectivity index (χ3v) is 3.87. The van der Waals surface area contributed by atoms with Gasteiger partial charge < -0.3 is 15.5 Å². The van der Waals surface area contributed by atoms with Gasteiger partial charge in [-0.25, -0.2) is 4.98 Å². The number of rotatable bonds is 7.